The number of hydrogen-bond donors (Lipinski definition) is 1. The fourth-order valence-electron chi connectivity index (χ4n) is 2.34. The summed E-state index contributed by atoms with van der Waals surface area (Å²) >= 11 is 3.13. The first-order valence-electron chi connectivity index (χ1n) is 7.04. The van der Waals surface area contributed by atoms with Gasteiger partial charge in [0.2, 0.25) is 0 Å². The average molecular weight is 354 g/mol. The van der Waals surface area contributed by atoms with E-state index in [1.807, 2.05) is 31.2 Å². The molecule has 1 atom stereocenters. The van der Waals surface area contributed by atoms with Gasteiger partial charge >= 0.3 is 0 Å². The predicted octanol–water partition coefficient (Wildman–Crippen LogP) is 4.99. The number of rotatable bonds is 5. The van der Waals surface area contributed by atoms with Crippen molar-refractivity contribution in [2.45, 2.75) is 26.3 Å². The largest absolute Gasteiger partial charge is 0.306 e. The van der Waals surface area contributed by atoms with Crippen molar-refractivity contribution < 1.29 is 8.78 Å². The molecule has 0 amide bonds. The molecule has 0 spiro atoms. The monoisotopic (exact) mass is 353 g/mol. The van der Waals surface area contributed by atoms with Crippen molar-refractivity contribution in [2.75, 3.05) is 6.54 Å². The van der Waals surface area contributed by atoms with Gasteiger partial charge in [-0.15, -0.1) is 0 Å². The third-order valence-electron chi connectivity index (χ3n) is 3.50. The first-order valence-corrected chi connectivity index (χ1v) is 7.83. The lowest BCUT2D eigenvalue weighted by Gasteiger charge is -2.21. The van der Waals surface area contributed by atoms with E-state index in [1.54, 1.807) is 0 Å². The number of nitrogens with one attached hydrogen (secondary N) is 1. The zero-order valence-corrected chi connectivity index (χ0v) is 13.7. The zero-order chi connectivity index (χ0) is 15.4. The smallest absolute Gasteiger partial charge is 0.145 e. The van der Waals surface area contributed by atoms with Gasteiger partial charge in [-0.25, -0.2) is 8.78 Å². The second-order valence-electron chi connectivity index (χ2n) is 4.84. The molecule has 0 aromatic heterocycles. The summed E-state index contributed by atoms with van der Waals surface area (Å²) in [6, 6.07) is 10.0. The first-order chi connectivity index (χ1) is 10.1. The summed E-state index contributed by atoms with van der Waals surface area (Å²) in [4.78, 5) is 0. The quantitative estimate of drug-likeness (QED) is 0.746. The van der Waals surface area contributed by atoms with Gasteiger partial charge in [0.05, 0.1) is 10.5 Å². The molecule has 0 saturated heterocycles. The maximum atomic E-state index is 14.3. The molecular weight excluding hydrogens is 336 g/mol. The van der Waals surface area contributed by atoms with Crippen molar-refractivity contribution in [3.63, 3.8) is 0 Å². The van der Waals surface area contributed by atoms with Crippen LogP contribution in [0.25, 0.3) is 0 Å². The van der Waals surface area contributed by atoms with Crippen LogP contribution in [-0.4, -0.2) is 6.54 Å². The molecule has 21 heavy (non-hydrogen) atoms. The Bertz CT molecular complexity index is 611. The molecule has 0 aliphatic heterocycles. The van der Waals surface area contributed by atoms with E-state index in [0.29, 0.717) is 6.54 Å². The van der Waals surface area contributed by atoms with Crippen LogP contribution in [0.3, 0.4) is 0 Å². The number of halogens is 3. The lowest BCUT2D eigenvalue weighted by Crippen LogP contribution is -2.24. The lowest BCUT2D eigenvalue weighted by molar-refractivity contribution is 0.507. The van der Waals surface area contributed by atoms with Gasteiger partial charge in [0.1, 0.15) is 11.6 Å². The Kier molecular flexibility index (Phi) is 5.48. The minimum Gasteiger partial charge on any atom is -0.306 e. The van der Waals surface area contributed by atoms with E-state index in [4.69, 9.17) is 0 Å². The Labute approximate surface area is 132 Å². The van der Waals surface area contributed by atoms with Crippen molar-refractivity contribution in [3.8, 4) is 0 Å². The Hall–Kier alpha value is -1.26. The average Bonchev–Trinajstić information content (AvgIpc) is 2.50. The molecule has 4 heteroatoms. The van der Waals surface area contributed by atoms with E-state index in [-0.39, 0.29) is 10.0 Å². The molecule has 0 heterocycles. The molecule has 2 rings (SSSR count). The summed E-state index contributed by atoms with van der Waals surface area (Å²) in [5.41, 5.74) is 2.10. The SMILES string of the molecule is CCNC(c1ccc(CC)cc1)c1c(F)ccc(Br)c1F. The Balaban J connectivity index is 2.50. The van der Waals surface area contributed by atoms with Crippen molar-refractivity contribution in [1.82, 2.24) is 5.32 Å². The molecule has 2 aromatic rings. The molecule has 0 fully saturated rings. The molecule has 1 unspecified atom stereocenters. The van der Waals surface area contributed by atoms with Crippen LogP contribution in [0.5, 0.6) is 0 Å². The van der Waals surface area contributed by atoms with E-state index in [0.717, 1.165) is 12.0 Å². The lowest BCUT2D eigenvalue weighted by atomic mass is 9.96. The normalized spacial score (nSPS) is 12.4. The van der Waals surface area contributed by atoms with Crippen LogP contribution in [0.1, 0.15) is 36.6 Å². The second-order valence-corrected chi connectivity index (χ2v) is 5.70. The van der Waals surface area contributed by atoms with Crippen LogP contribution in [0.15, 0.2) is 40.9 Å². The van der Waals surface area contributed by atoms with Crippen LogP contribution < -0.4 is 5.32 Å². The standard InChI is InChI=1S/C17H18BrF2N/c1-3-11-5-7-12(8-6-11)17(21-4-2)15-14(19)10-9-13(18)16(15)20/h5-10,17,21H,3-4H2,1-2H3. The van der Waals surface area contributed by atoms with E-state index >= 15 is 0 Å². The molecule has 0 bridgehead atoms. The van der Waals surface area contributed by atoms with Crippen molar-refractivity contribution in [3.05, 3.63) is 69.2 Å². The number of aryl methyl sites for hydroxylation is 1. The van der Waals surface area contributed by atoms with Gasteiger partial charge in [0, 0.05) is 5.56 Å². The Morgan fingerprint density at radius 2 is 1.71 bits per heavy atom. The van der Waals surface area contributed by atoms with Gasteiger partial charge in [0.25, 0.3) is 0 Å². The van der Waals surface area contributed by atoms with Crippen molar-refractivity contribution >= 4 is 15.9 Å². The summed E-state index contributed by atoms with van der Waals surface area (Å²) in [7, 11) is 0. The van der Waals surface area contributed by atoms with E-state index < -0.39 is 17.7 Å². The van der Waals surface area contributed by atoms with Crippen LogP contribution in [-0.2, 0) is 6.42 Å². The van der Waals surface area contributed by atoms with E-state index in [2.05, 4.69) is 28.2 Å². The summed E-state index contributed by atoms with van der Waals surface area (Å²) < 4.78 is 28.7. The molecule has 112 valence electrons. The van der Waals surface area contributed by atoms with E-state index in [9.17, 15) is 8.78 Å². The van der Waals surface area contributed by atoms with Gasteiger partial charge in [-0.1, -0.05) is 38.1 Å². The Morgan fingerprint density at radius 1 is 1.05 bits per heavy atom. The molecule has 2 aromatic carbocycles. The second kappa shape index (κ2) is 7.14. The topological polar surface area (TPSA) is 12.0 Å². The minimum atomic E-state index is -0.555. The summed E-state index contributed by atoms with van der Waals surface area (Å²) in [5, 5.41) is 3.16. The van der Waals surface area contributed by atoms with Gasteiger partial charge in [-0.05, 0) is 52.2 Å². The van der Waals surface area contributed by atoms with Gasteiger partial charge in [0.15, 0.2) is 0 Å². The molecule has 0 aliphatic carbocycles. The highest BCUT2D eigenvalue weighted by Gasteiger charge is 2.22. The van der Waals surface area contributed by atoms with Crippen LogP contribution in [0, 0.1) is 11.6 Å². The third kappa shape index (κ3) is 3.50. The molecule has 1 N–H and O–H groups in total. The molecule has 0 saturated carbocycles. The van der Waals surface area contributed by atoms with Gasteiger partial charge in [-0.3, -0.25) is 0 Å². The molecule has 1 nitrogen and oxygen atoms in total. The summed E-state index contributed by atoms with van der Waals surface area (Å²) in [5.74, 6) is -1.10. The number of benzene rings is 2. The minimum absolute atomic E-state index is 0.0514. The van der Waals surface area contributed by atoms with Crippen LogP contribution >= 0.6 is 15.9 Å². The highest BCUT2D eigenvalue weighted by Crippen LogP contribution is 2.31. The van der Waals surface area contributed by atoms with Crippen LogP contribution in [0.4, 0.5) is 8.78 Å². The highest BCUT2D eigenvalue weighted by molar-refractivity contribution is 9.10. The predicted molar refractivity (Wildman–Crippen MR) is 85.4 cm³/mol. The van der Waals surface area contributed by atoms with Gasteiger partial charge < -0.3 is 5.32 Å². The Morgan fingerprint density at radius 3 is 2.29 bits per heavy atom. The van der Waals surface area contributed by atoms with Crippen LogP contribution in [0.2, 0.25) is 0 Å². The first kappa shape index (κ1) is 16.1. The summed E-state index contributed by atoms with van der Waals surface area (Å²) in [6.07, 6.45) is 0.936. The highest BCUT2D eigenvalue weighted by atomic mass is 79.9. The third-order valence-corrected chi connectivity index (χ3v) is 4.11. The van der Waals surface area contributed by atoms with Gasteiger partial charge in [-0.2, -0.15) is 0 Å². The summed E-state index contributed by atoms with van der Waals surface area (Å²) in [6.45, 7) is 4.61. The van der Waals surface area contributed by atoms with Crippen molar-refractivity contribution in [2.24, 2.45) is 0 Å². The molecular formula is C17H18BrF2N. The maximum absolute atomic E-state index is 14.3. The molecule has 0 radical (unpaired) electrons. The number of hydrogen-bond acceptors (Lipinski definition) is 1. The van der Waals surface area contributed by atoms with E-state index in [1.165, 1.54) is 17.7 Å². The fourth-order valence-corrected chi connectivity index (χ4v) is 2.69. The van der Waals surface area contributed by atoms with Crippen molar-refractivity contribution in [1.29, 1.82) is 0 Å². The maximum Gasteiger partial charge on any atom is 0.145 e. The zero-order valence-electron chi connectivity index (χ0n) is 12.1. The molecule has 0 aliphatic rings. The fraction of sp³-hybridized carbons (Fsp3) is 0.294.